The maximum Gasteiger partial charge on any atom is 0.226 e. The van der Waals surface area contributed by atoms with Crippen LogP contribution in [0.2, 0.25) is 0 Å². The summed E-state index contributed by atoms with van der Waals surface area (Å²) in [6, 6.07) is 9.82. The van der Waals surface area contributed by atoms with Crippen LogP contribution in [0.15, 0.2) is 42.7 Å². The van der Waals surface area contributed by atoms with E-state index in [1.54, 1.807) is 12.3 Å². The highest BCUT2D eigenvalue weighted by Gasteiger charge is 2.08. The van der Waals surface area contributed by atoms with Crippen molar-refractivity contribution in [1.29, 1.82) is 0 Å². The normalized spacial score (nSPS) is 11.1. The van der Waals surface area contributed by atoms with Gasteiger partial charge in [-0.25, -0.2) is 4.98 Å². The molecule has 1 aromatic carbocycles. The Hall–Kier alpha value is -2.60. The molecule has 1 N–H and O–H groups in total. The minimum Gasteiger partial charge on any atom is -0.437 e. The van der Waals surface area contributed by atoms with Gasteiger partial charge in [0, 0.05) is 44.0 Å². The zero-order valence-corrected chi connectivity index (χ0v) is 13.7. The summed E-state index contributed by atoms with van der Waals surface area (Å²) in [7, 11) is 6.06. The molecule has 0 unspecified atom stereocenters. The second-order valence-electron chi connectivity index (χ2n) is 5.67. The van der Waals surface area contributed by atoms with Crippen LogP contribution in [0.25, 0.3) is 10.9 Å². The third-order valence-corrected chi connectivity index (χ3v) is 3.55. The van der Waals surface area contributed by atoms with Crippen LogP contribution < -0.4 is 10.1 Å². The third-order valence-electron chi connectivity index (χ3n) is 3.55. The number of rotatable bonds is 6. The predicted octanol–water partition coefficient (Wildman–Crippen LogP) is 2.73. The number of benzene rings is 1. The van der Waals surface area contributed by atoms with Crippen LogP contribution in [0, 0.1) is 0 Å². The number of nitrogens with one attached hydrogen (secondary N) is 1. The fourth-order valence-electron chi connectivity index (χ4n) is 2.39. The predicted molar refractivity (Wildman–Crippen MR) is 92.1 cm³/mol. The number of fused-ring (bicyclic) bond motifs is 1. The SMILES string of the molecule is CN(C)CCNc1nccc(Oc2cccc3ccn(C)c23)n1. The zero-order chi connectivity index (χ0) is 16.2. The van der Waals surface area contributed by atoms with Gasteiger partial charge in [0.1, 0.15) is 0 Å². The summed E-state index contributed by atoms with van der Waals surface area (Å²) in [5.74, 6) is 1.89. The Labute approximate surface area is 135 Å². The molecule has 0 saturated heterocycles. The molecule has 3 rings (SSSR count). The summed E-state index contributed by atoms with van der Waals surface area (Å²) in [5.41, 5.74) is 1.05. The molecule has 0 aliphatic heterocycles. The molecule has 6 nitrogen and oxygen atoms in total. The number of anilines is 1. The monoisotopic (exact) mass is 311 g/mol. The highest BCUT2D eigenvalue weighted by atomic mass is 16.5. The van der Waals surface area contributed by atoms with Crippen LogP contribution >= 0.6 is 0 Å². The van der Waals surface area contributed by atoms with Gasteiger partial charge < -0.3 is 19.5 Å². The first kappa shape index (κ1) is 15.3. The maximum absolute atomic E-state index is 5.98. The number of likely N-dealkylation sites (N-methyl/N-ethyl adjacent to an activating group) is 1. The number of nitrogens with zero attached hydrogens (tertiary/aromatic N) is 4. The molecule has 0 spiro atoms. The number of hydrogen-bond donors (Lipinski definition) is 1. The Kier molecular flexibility index (Phi) is 4.43. The fraction of sp³-hybridized carbons (Fsp3) is 0.294. The van der Waals surface area contributed by atoms with Crippen molar-refractivity contribution in [3.8, 4) is 11.6 Å². The van der Waals surface area contributed by atoms with E-state index in [9.17, 15) is 0 Å². The zero-order valence-electron chi connectivity index (χ0n) is 13.7. The Morgan fingerprint density at radius 3 is 2.91 bits per heavy atom. The van der Waals surface area contributed by atoms with Crippen LogP contribution in [0.4, 0.5) is 5.95 Å². The quantitative estimate of drug-likeness (QED) is 0.758. The molecular weight excluding hydrogens is 290 g/mol. The third kappa shape index (κ3) is 3.60. The second kappa shape index (κ2) is 6.66. The topological polar surface area (TPSA) is 55.2 Å². The smallest absolute Gasteiger partial charge is 0.226 e. The van der Waals surface area contributed by atoms with Gasteiger partial charge in [0.2, 0.25) is 11.8 Å². The minimum atomic E-state index is 0.529. The highest BCUT2D eigenvalue weighted by molar-refractivity contribution is 5.86. The first-order chi connectivity index (χ1) is 11.1. The van der Waals surface area contributed by atoms with E-state index >= 15 is 0 Å². The lowest BCUT2D eigenvalue weighted by molar-refractivity contribution is 0.424. The Balaban J connectivity index is 1.78. The van der Waals surface area contributed by atoms with Gasteiger partial charge in [-0.05, 0) is 26.2 Å². The summed E-state index contributed by atoms with van der Waals surface area (Å²) >= 11 is 0. The molecule has 0 aliphatic carbocycles. The summed E-state index contributed by atoms with van der Waals surface area (Å²) in [6.07, 6.45) is 3.72. The van der Waals surface area contributed by atoms with Crippen LogP contribution in [-0.4, -0.2) is 46.6 Å². The van der Waals surface area contributed by atoms with Crippen molar-refractivity contribution < 1.29 is 4.74 Å². The molecule has 120 valence electrons. The van der Waals surface area contributed by atoms with E-state index in [4.69, 9.17) is 4.74 Å². The molecule has 0 fully saturated rings. The molecular formula is C17H21N5O. The van der Waals surface area contributed by atoms with Gasteiger partial charge >= 0.3 is 0 Å². The minimum absolute atomic E-state index is 0.529. The van der Waals surface area contributed by atoms with Gasteiger partial charge in [-0.1, -0.05) is 12.1 Å². The molecule has 2 heterocycles. The van der Waals surface area contributed by atoms with E-state index in [-0.39, 0.29) is 0 Å². The van der Waals surface area contributed by atoms with Crippen molar-refractivity contribution in [2.75, 3.05) is 32.5 Å². The van der Waals surface area contributed by atoms with Gasteiger partial charge in [0.05, 0.1) is 5.52 Å². The standard InChI is InChI=1S/C17H21N5O/c1-21(2)12-10-19-17-18-9-7-15(20-17)23-14-6-4-5-13-8-11-22(3)16(13)14/h4-9,11H,10,12H2,1-3H3,(H,18,19,20). The van der Waals surface area contributed by atoms with Gasteiger partial charge in [0.15, 0.2) is 5.75 Å². The van der Waals surface area contributed by atoms with Gasteiger partial charge in [0.25, 0.3) is 0 Å². The average Bonchev–Trinajstić information content (AvgIpc) is 2.90. The van der Waals surface area contributed by atoms with Crippen molar-refractivity contribution >= 4 is 16.9 Å². The van der Waals surface area contributed by atoms with Crippen LogP contribution in [0.3, 0.4) is 0 Å². The summed E-state index contributed by atoms with van der Waals surface area (Å²) in [6.45, 7) is 1.70. The molecule has 0 amide bonds. The van der Waals surface area contributed by atoms with E-state index < -0.39 is 0 Å². The highest BCUT2D eigenvalue weighted by Crippen LogP contribution is 2.29. The molecule has 0 bridgehead atoms. The lowest BCUT2D eigenvalue weighted by Gasteiger charge is -2.11. The van der Waals surface area contributed by atoms with Crippen molar-refractivity contribution in [3.05, 3.63) is 42.7 Å². The summed E-state index contributed by atoms with van der Waals surface area (Å²) in [5, 5.41) is 4.34. The molecule has 6 heteroatoms. The average molecular weight is 311 g/mol. The van der Waals surface area contributed by atoms with Crippen LogP contribution in [-0.2, 0) is 7.05 Å². The number of hydrogen-bond acceptors (Lipinski definition) is 5. The van der Waals surface area contributed by atoms with E-state index in [0.29, 0.717) is 11.8 Å². The number of para-hydroxylation sites is 1. The first-order valence-electron chi connectivity index (χ1n) is 7.57. The van der Waals surface area contributed by atoms with Crippen LogP contribution in [0.5, 0.6) is 11.6 Å². The van der Waals surface area contributed by atoms with Crippen molar-refractivity contribution in [2.24, 2.45) is 7.05 Å². The van der Waals surface area contributed by atoms with E-state index in [2.05, 4.69) is 32.3 Å². The summed E-state index contributed by atoms with van der Waals surface area (Å²) in [4.78, 5) is 10.7. The molecule has 3 aromatic rings. The van der Waals surface area contributed by atoms with Crippen molar-refractivity contribution in [1.82, 2.24) is 19.4 Å². The lowest BCUT2D eigenvalue weighted by atomic mass is 10.2. The summed E-state index contributed by atoms with van der Waals surface area (Å²) < 4.78 is 8.02. The Bertz CT molecular complexity index is 797. The van der Waals surface area contributed by atoms with Crippen molar-refractivity contribution in [2.45, 2.75) is 0 Å². The van der Waals surface area contributed by atoms with Gasteiger partial charge in [-0.3, -0.25) is 0 Å². The number of ether oxygens (including phenoxy) is 1. The molecule has 2 aromatic heterocycles. The number of aromatic nitrogens is 3. The molecule has 0 saturated carbocycles. The van der Waals surface area contributed by atoms with E-state index in [1.807, 2.05) is 44.0 Å². The van der Waals surface area contributed by atoms with Gasteiger partial charge in [-0.2, -0.15) is 4.98 Å². The van der Waals surface area contributed by atoms with Gasteiger partial charge in [-0.15, -0.1) is 0 Å². The largest absolute Gasteiger partial charge is 0.437 e. The Morgan fingerprint density at radius 1 is 1.22 bits per heavy atom. The molecule has 23 heavy (non-hydrogen) atoms. The van der Waals surface area contributed by atoms with E-state index in [1.165, 1.54) is 0 Å². The van der Waals surface area contributed by atoms with Crippen molar-refractivity contribution in [3.63, 3.8) is 0 Å². The molecule has 0 atom stereocenters. The maximum atomic E-state index is 5.98. The van der Waals surface area contributed by atoms with Crippen LogP contribution in [0.1, 0.15) is 0 Å². The lowest BCUT2D eigenvalue weighted by Crippen LogP contribution is -2.21. The Morgan fingerprint density at radius 2 is 2.09 bits per heavy atom. The first-order valence-corrected chi connectivity index (χ1v) is 7.57. The number of aryl methyl sites for hydroxylation is 1. The van der Waals surface area contributed by atoms with E-state index in [0.717, 1.165) is 29.7 Å². The molecule has 0 radical (unpaired) electrons. The molecule has 0 aliphatic rings. The fourth-order valence-corrected chi connectivity index (χ4v) is 2.39. The second-order valence-corrected chi connectivity index (χ2v) is 5.67.